The maximum absolute atomic E-state index is 12.3. The lowest BCUT2D eigenvalue weighted by atomic mass is 10.2. The molecule has 5 nitrogen and oxygen atoms in total. The molecule has 1 amide bonds. The van der Waals surface area contributed by atoms with E-state index >= 15 is 0 Å². The molecule has 0 fully saturated rings. The van der Waals surface area contributed by atoms with Crippen LogP contribution in [0.1, 0.15) is 21.3 Å². The van der Waals surface area contributed by atoms with Crippen LogP contribution in [0.3, 0.4) is 0 Å². The Morgan fingerprint density at radius 3 is 2.82 bits per heavy atom. The molecule has 0 aliphatic carbocycles. The first-order valence-corrected chi connectivity index (χ1v) is 7.81. The molecule has 22 heavy (non-hydrogen) atoms. The Hall–Kier alpha value is -1.89. The molecule has 0 bridgehead atoms. The molecule has 2 N–H and O–H groups in total. The van der Waals surface area contributed by atoms with Crippen molar-refractivity contribution in [3.05, 3.63) is 52.2 Å². The number of nitrogens with one attached hydrogen (secondary N) is 1. The van der Waals surface area contributed by atoms with E-state index in [-0.39, 0.29) is 25.2 Å². The molecule has 1 aromatic heterocycles. The number of carbonyl (C=O) groups excluding carboxylic acids is 1. The molecule has 0 saturated heterocycles. The predicted molar refractivity (Wildman–Crippen MR) is 85.4 cm³/mol. The fourth-order valence-electron chi connectivity index (χ4n) is 2.02. The van der Waals surface area contributed by atoms with E-state index in [1.165, 1.54) is 7.11 Å². The van der Waals surface area contributed by atoms with Crippen molar-refractivity contribution in [2.45, 2.75) is 6.10 Å². The van der Waals surface area contributed by atoms with E-state index in [0.29, 0.717) is 17.9 Å². The number of hydrogen-bond donors (Lipinski definition) is 2. The lowest BCUT2D eigenvalue weighted by Gasteiger charge is -2.17. The molecule has 2 aromatic rings. The van der Waals surface area contributed by atoms with E-state index in [1.54, 1.807) is 29.5 Å². The first-order chi connectivity index (χ1) is 10.8. The fraction of sp³-hybridized carbons (Fsp3) is 0.312. The predicted octanol–water partition coefficient (Wildman–Crippen LogP) is 2.24. The van der Waals surface area contributed by atoms with Gasteiger partial charge in [-0.25, -0.2) is 0 Å². The Bertz CT molecular complexity index is 586. The van der Waals surface area contributed by atoms with Crippen molar-refractivity contribution in [3.63, 3.8) is 0 Å². The smallest absolute Gasteiger partial charge is 0.255 e. The Kier molecular flexibility index (Phi) is 6.39. The number of methoxy groups -OCH3 is 1. The summed E-state index contributed by atoms with van der Waals surface area (Å²) in [6.07, 6.45) is -0.272. The number of ether oxygens (including phenoxy) is 2. The first-order valence-electron chi connectivity index (χ1n) is 6.93. The second-order valence-corrected chi connectivity index (χ2v) is 5.49. The largest absolute Gasteiger partial charge is 0.496 e. The lowest BCUT2D eigenvalue weighted by Crippen LogP contribution is -2.30. The van der Waals surface area contributed by atoms with Crippen LogP contribution in [-0.4, -0.2) is 37.9 Å². The van der Waals surface area contributed by atoms with Crippen molar-refractivity contribution in [2.75, 3.05) is 26.9 Å². The minimum absolute atomic E-state index is 0.0532. The van der Waals surface area contributed by atoms with Crippen molar-refractivity contribution in [2.24, 2.45) is 0 Å². The van der Waals surface area contributed by atoms with Crippen LogP contribution in [0.4, 0.5) is 0 Å². The second-order valence-electron chi connectivity index (χ2n) is 4.51. The number of thiophene rings is 1. The standard InChI is InChI=1S/C16H19NO4S/c1-20-13-6-3-2-5-12(13)16(19)17-11-14(21-9-8-18)15-7-4-10-22-15/h2-7,10,14,18H,8-9,11H2,1H3,(H,17,19). The number of carbonyl (C=O) groups is 1. The molecular formula is C16H19NO4S. The molecule has 0 aliphatic heterocycles. The molecule has 1 heterocycles. The van der Waals surface area contributed by atoms with E-state index in [2.05, 4.69) is 5.32 Å². The molecule has 1 unspecified atom stereocenters. The minimum Gasteiger partial charge on any atom is -0.496 e. The summed E-state index contributed by atoms with van der Waals surface area (Å²) in [7, 11) is 1.53. The first kappa shape index (κ1) is 16.5. The summed E-state index contributed by atoms with van der Waals surface area (Å²) in [5.74, 6) is 0.315. The van der Waals surface area contributed by atoms with Gasteiger partial charge >= 0.3 is 0 Å². The maximum atomic E-state index is 12.3. The molecule has 0 spiro atoms. The third kappa shape index (κ3) is 4.30. The number of amides is 1. The van der Waals surface area contributed by atoms with E-state index < -0.39 is 0 Å². The van der Waals surface area contributed by atoms with Crippen LogP contribution in [0, 0.1) is 0 Å². The zero-order valence-electron chi connectivity index (χ0n) is 12.3. The minimum atomic E-state index is -0.272. The normalized spacial score (nSPS) is 11.9. The van der Waals surface area contributed by atoms with Crippen LogP contribution in [0.5, 0.6) is 5.75 Å². The van der Waals surface area contributed by atoms with Crippen molar-refractivity contribution >= 4 is 17.2 Å². The van der Waals surface area contributed by atoms with Gasteiger partial charge in [-0.05, 0) is 23.6 Å². The molecule has 2 rings (SSSR count). The Morgan fingerprint density at radius 2 is 2.14 bits per heavy atom. The summed E-state index contributed by atoms with van der Waals surface area (Å²) < 4.78 is 10.8. The fourth-order valence-corrected chi connectivity index (χ4v) is 2.80. The van der Waals surface area contributed by atoms with Gasteiger partial charge in [-0.1, -0.05) is 18.2 Å². The summed E-state index contributed by atoms with van der Waals surface area (Å²) in [6.45, 7) is 0.507. The maximum Gasteiger partial charge on any atom is 0.255 e. The Labute approximate surface area is 133 Å². The van der Waals surface area contributed by atoms with Crippen LogP contribution in [0.2, 0.25) is 0 Å². The Balaban J connectivity index is 2.01. The highest BCUT2D eigenvalue weighted by molar-refractivity contribution is 7.10. The van der Waals surface area contributed by atoms with Crippen molar-refractivity contribution in [1.29, 1.82) is 0 Å². The lowest BCUT2D eigenvalue weighted by molar-refractivity contribution is 0.0295. The molecule has 1 atom stereocenters. The number of benzene rings is 1. The number of para-hydroxylation sites is 1. The summed E-state index contributed by atoms with van der Waals surface area (Å²) in [5.41, 5.74) is 0.483. The van der Waals surface area contributed by atoms with Gasteiger partial charge in [0.25, 0.3) is 5.91 Å². The van der Waals surface area contributed by atoms with Gasteiger partial charge in [-0.15, -0.1) is 11.3 Å². The van der Waals surface area contributed by atoms with Crippen LogP contribution in [-0.2, 0) is 4.74 Å². The molecule has 0 aliphatic rings. The van der Waals surface area contributed by atoms with Crippen LogP contribution >= 0.6 is 11.3 Å². The average molecular weight is 321 g/mol. The Morgan fingerprint density at radius 1 is 1.32 bits per heavy atom. The zero-order valence-corrected chi connectivity index (χ0v) is 13.1. The van der Waals surface area contributed by atoms with Crippen LogP contribution < -0.4 is 10.1 Å². The number of aliphatic hydroxyl groups is 1. The molecule has 118 valence electrons. The average Bonchev–Trinajstić information content (AvgIpc) is 3.09. The number of hydrogen-bond acceptors (Lipinski definition) is 5. The van der Waals surface area contributed by atoms with Gasteiger partial charge in [-0.2, -0.15) is 0 Å². The molecular weight excluding hydrogens is 302 g/mol. The summed E-state index contributed by atoms with van der Waals surface area (Å²) in [6, 6.07) is 10.9. The van der Waals surface area contributed by atoms with Gasteiger partial charge in [0.15, 0.2) is 0 Å². The van der Waals surface area contributed by atoms with E-state index in [1.807, 2.05) is 23.6 Å². The van der Waals surface area contributed by atoms with Gasteiger partial charge in [0, 0.05) is 11.4 Å². The van der Waals surface area contributed by atoms with Crippen LogP contribution in [0.15, 0.2) is 41.8 Å². The van der Waals surface area contributed by atoms with Crippen molar-refractivity contribution in [3.8, 4) is 5.75 Å². The molecule has 0 radical (unpaired) electrons. The topological polar surface area (TPSA) is 67.8 Å². The summed E-state index contributed by atoms with van der Waals surface area (Å²) in [5, 5.41) is 13.7. The van der Waals surface area contributed by atoms with Gasteiger partial charge in [0.1, 0.15) is 11.9 Å². The van der Waals surface area contributed by atoms with E-state index in [0.717, 1.165) is 4.88 Å². The molecule has 1 aromatic carbocycles. The zero-order chi connectivity index (χ0) is 15.8. The van der Waals surface area contributed by atoms with Gasteiger partial charge < -0.3 is 19.9 Å². The van der Waals surface area contributed by atoms with Crippen LogP contribution in [0.25, 0.3) is 0 Å². The number of rotatable bonds is 8. The van der Waals surface area contributed by atoms with Gasteiger partial charge in [-0.3, -0.25) is 4.79 Å². The highest BCUT2D eigenvalue weighted by Gasteiger charge is 2.17. The van der Waals surface area contributed by atoms with Gasteiger partial charge in [0.2, 0.25) is 0 Å². The number of aliphatic hydroxyl groups excluding tert-OH is 1. The molecule has 0 saturated carbocycles. The summed E-state index contributed by atoms with van der Waals surface area (Å²) >= 11 is 1.55. The highest BCUT2D eigenvalue weighted by atomic mass is 32.1. The van der Waals surface area contributed by atoms with E-state index in [9.17, 15) is 4.79 Å². The second kappa shape index (κ2) is 8.53. The van der Waals surface area contributed by atoms with Crippen molar-refractivity contribution < 1.29 is 19.4 Å². The third-order valence-electron chi connectivity index (χ3n) is 3.07. The van der Waals surface area contributed by atoms with Crippen molar-refractivity contribution in [1.82, 2.24) is 5.32 Å². The summed E-state index contributed by atoms with van der Waals surface area (Å²) in [4.78, 5) is 13.3. The van der Waals surface area contributed by atoms with Gasteiger partial charge in [0.05, 0.1) is 25.9 Å². The molecule has 6 heteroatoms. The highest BCUT2D eigenvalue weighted by Crippen LogP contribution is 2.22. The third-order valence-corrected chi connectivity index (χ3v) is 4.03. The SMILES string of the molecule is COc1ccccc1C(=O)NCC(OCCO)c1cccs1. The monoisotopic (exact) mass is 321 g/mol. The van der Waals surface area contributed by atoms with E-state index in [4.69, 9.17) is 14.6 Å². The quantitative estimate of drug-likeness (QED) is 0.782.